The van der Waals surface area contributed by atoms with Crippen molar-refractivity contribution in [3.05, 3.63) is 54.2 Å². The van der Waals surface area contributed by atoms with Crippen LogP contribution in [0.1, 0.15) is 43.6 Å². The van der Waals surface area contributed by atoms with Crippen LogP contribution < -0.4 is 9.64 Å². The minimum atomic E-state index is -0.321. The number of piperidine rings is 1. The Hall–Kier alpha value is -2.60. The number of pyridine rings is 1. The lowest BCUT2D eigenvalue weighted by Crippen LogP contribution is -2.38. The molecule has 2 aromatic rings. The first kappa shape index (κ1) is 21.3. The molecule has 1 saturated carbocycles. The highest BCUT2D eigenvalue weighted by Gasteiger charge is 2.39. The minimum Gasteiger partial charge on any atom is -0.491 e. The largest absolute Gasteiger partial charge is 0.491 e. The van der Waals surface area contributed by atoms with Crippen LogP contribution in [-0.4, -0.2) is 55.4 Å². The van der Waals surface area contributed by atoms with Gasteiger partial charge >= 0.3 is 6.09 Å². The van der Waals surface area contributed by atoms with Crippen molar-refractivity contribution in [1.29, 1.82) is 0 Å². The minimum absolute atomic E-state index is 0.321. The molecule has 1 aliphatic carbocycles. The second-order valence-corrected chi connectivity index (χ2v) is 9.35. The quantitative estimate of drug-likeness (QED) is 0.601. The van der Waals surface area contributed by atoms with Crippen molar-refractivity contribution in [3.8, 4) is 5.75 Å². The maximum Gasteiger partial charge on any atom is 0.415 e. The maximum absolute atomic E-state index is 11.8. The van der Waals surface area contributed by atoms with Gasteiger partial charge in [-0.3, -0.25) is 9.80 Å². The number of hydrogen-bond acceptors (Lipinski definition) is 5. The topological polar surface area (TPSA) is 54.9 Å². The second-order valence-electron chi connectivity index (χ2n) is 9.35. The molecule has 1 aromatic carbocycles. The van der Waals surface area contributed by atoms with Crippen molar-refractivity contribution >= 4 is 11.9 Å². The highest BCUT2D eigenvalue weighted by Crippen LogP contribution is 2.51. The van der Waals surface area contributed by atoms with E-state index in [2.05, 4.69) is 40.2 Å². The molecule has 0 unspecified atom stereocenters. The molecule has 0 radical (unpaired) electrons. The van der Waals surface area contributed by atoms with Gasteiger partial charge in [0.15, 0.2) is 0 Å². The summed E-state index contributed by atoms with van der Waals surface area (Å²) in [5.41, 5.74) is 1.53. The van der Waals surface area contributed by atoms with Crippen LogP contribution in [0.5, 0.6) is 5.75 Å². The van der Waals surface area contributed by atoms with Crippen LogP contribution in [0, 0.1) is 11.8 Å². The molecule has 170 valence electrons. The lowest BCUT2D eigenvalue weighted by atomic mass is 9.90. The first-order valence-electron chi connectivity index (χ1n) is 12.1. The van der Waals surface area contributed by atoms with Crippen LogP contribution in [0.3, 0.4) is 0 Å². The molecule has 1 amide bonds. The van der Waals surface area contributed by atoms with E-state index in [1.165, 1.54) is 44.3 Å². The number of rotatable bonds is 8. The summed E-state index contributed by atoms with van der Waals surface area (Å²) in [5.74, 6) is 3.95. The summed E-state index contributed by atoms with van der Waals surface area (Å²) in [6.07, 6.45) is 7.59. The molecule has 6 heteroatoms. The van der Waals surface area contributed by atoms with Crippen LogP contribution in [0.25, 0.3) is 0 Å². The van der Waals surface area contributed by atoms with Crippen LogP contribution in [-0.2, 0) is 4.74 Å². The van der Waals surface area contributed by atoms with Crippen LogP contribution >= 0.6 is 0 Å². The van der Waals surface area contributed by atoms with Crippen LogP contribution in [0.4, 0.5) is 10.6 Å². The Kier molecular flexibility index (Phi) is 6.58. The molecular weight excluding hydrogens is 402 g/mol. The van der Waals surface area contributed by atoms with Gasteiger partial charge in [0.05, 0.1) is 12.8 Å². The van der Waals surface area contributed by atoms with Gasteiger partial charge in [0.2, 0.25) is 0 Å². The van der Waals surface area contributed by atoms with Crippen molar-refractivity contribution in [2.75, 3.05) is 44.3 Å². The van der Waals surface area contributed by atoms with E-state index in [1.54, 1.807) is 11.1 Å². The van der Waals surface area contributed by atoms with Gasteiger partial charge in [-0.15, -0.1) is 0 Å². The summed E-state index contributed by atoms with van der Waals surface area (Å²) in [6.45, 7) is 5.09. The van der Waals surface area contributed by atoms with Gasteiger partial charge in [0, 0.05) is 13.1 Å². The number of aromatic nitrogens is 1. The first-order valence-corrected chi connectivity index (χ1v) is 12.1. The Morgan fingerprint density at radius 2 is 1.91 bits per heavy atom. The number of amides is 1. The van der Waals surface area contributed by atoms with Gasteiger partial charge in [0.25, 0.3) is 0 Å². The number of likely N-dealkylation sites (tertiary alicyclic amines) is 1. The van der Waals surface area contributed by atoms with E-state index in [9.17, 15) is 4.79 Å². The zero-order valence-corrected chi connectivity index (χ0v) is 18.7. The van der Waals surface area contributed by atoms with Gasteiger partial charge in [-0.05, 0) is 80.6 Å². The number of cyclic esters (lactones) is 1. The summed E-state index contributed by atoms with van der Waals surface area (Å²) in [5, 5.41) is 0. The third-order valence-electron chi connectivity index (χ3n) is 7.14. The molecule has 3 aliphatic rings. The highest BCUT2D eigenvalue weighted by molar-refractivity contribution is 5.86. The monoisotopic (exact) mass is 435 g/mol. The molecule has 6 nitrogen and oxygen atoms in total. The average molecular weight is 436 g/mol. The van der Waals surface area contributed by atoms with Crippen LogP contribution in [0.15, 0.2) is 48.7 Å². The van der Waals surface area contributed by atoms with E-state index < -0.39 is 0 Å². The summed E-state index contributed by atoms with van der Waals surface area (Å²) in [6, 6.07) is 14.7. The zero-order chi connectivity index (χ0) is 21.8. The Morgan fingerprint density at radius 3 is 2.66 bits per heavy atom. The van der Waals surface area contributed by atoms with E-state index in [1.807, 2.05) is 12.1 Å². The van der Waals surface area contributed by atoms with Crippen LogP contribution in [0.2, 0.25) is 0 Å². The van der Waals surface area contributed by atoms with E-state index >= 15 is 0 Å². The fourth-order valence-electron chi connectivity index (χ4n) is 5.16. The molecule has 1 aromatic heterocycles. The summed E-state index contributed by atoms with van der Waals surface area (Å²) in [7, 11) is 0. The first-order chi connectivity index (χ1) is 15.8. The predicted octanol–water partition coefficient (Wildman–Crippen LogP) is 4.71. The van der Waals surface area contributed by atoms with Crippen molar-refractivity contribution in [2.24, 2.45) is 11.8 Å². The molecular formula is C26H33N3O3. The Labute approximate surface area is 190 Å². The third-order valence-corrected chi connectivity index (χ3v) is 7.14. The number of anilines is 1. The average Bonchev–Trinajstić information content (AvgIpc) is 3.61. The van der Waals surface area contributed by atoms with Crippen molar-refractivity contribution < 1.29 is 14.3 Å². The smallest absolute Gasteiger partial charge is 0.415 e. The van der Waals surface area contributed by atoms with Gasteiger partial charge < -0.3 is 9.47 Å². The second kappa shape index (κ2) is 9.90. The molecule has 3 heterocycles. The Morgan fingerprint density at radius 1 is 1.06 bits per heavy atom. The number of carbonyl (C=O) groups is 1. The number of benzene rings is 1. The van der Waals surface area contributed by atoms with Gasteiger partial charge in [-0.1, -0.05) is 30.3 Å². The molecule has 32 heavy (non-hydrogen) atoms. The van der Waals surface area contributed by atoms with Crippen molar-refractivity contribution in [1.82, 2.24) is 9.88 Å². The van der Waals surface area contributed by atoms with Crippen molar-refractivity contribution in [3.63, 3.8) is 0 Å². The normalized spacial score (nSPS) is 24.2. The number of nitrogens with zero attached hydrogens (tertiary/aromatic N) is 3. The molecule has 2 atom stereocenters. The summed E-state index contributed by atoms with van der Waals surface area (Å²) < 4.78 is 11.0. The lowest BCUT2D eigenvalue weighted by Gasteiger charge is -2.32. The molecule has 2 saturated heterocycles. The molecule has 0 N–H and O–H groups in total. The van der Waals surface area contributed by atoms with Gasteiger partial charge in [0.1, 0.15) is 18.2 Å². The maximum atomic E-state index is 11.8. The standard InChI is InChI=1S/C26H33N3O3/c30-26-29(11-4-15-32-26)25-8-7-23(19-27-25)31-16-14-28-12-9-20(10-13-28)17-22-18-24(22)21-5-2-1-3-6-21/h1-3,5-8,19-20,22,24H,4,9-18H2/t22-,24+/m1/s1. The third kappa shape index (κ3) is 5.23. The molecule has 2 aliphatic heterocycles. The summed E-state index contributed by atoms with van der Waals surface area (Å²) in [4.78, 5) is 20.3. The highest BCUT2D eigenvalue weighted by atomic mass is 16.6. The summed E-state index contributed by atoms with van der Waals surface area (Å²) >= 11 is 0. The number of carbonyl (C=O) groups excluding carboxylic acids is 1. The van der Waals surface area contributed by atoms with Gasteiger partial charge in [-0.2, -0.15) is 0 Å². The number of ether oxygens (including phenoxy) is 2. The van der Waals surface area contributed by atoms with E-state index in [-0.39, 0.29) is 6.09 Å². The SMILES string of the molecule is O=C1OCCCN1c1ccc(OCCN2CCC(C[C@@H]3C[C@H]3c3ccccc3)CC2)cn1. The Bertz CT molecular complexity index is 881. The molecule has 5 rings (SSSR count). The van der Waals surface area contributed by atoms with Crippen molar-refractivity contribution in [2.45, 2.75) is 38.0 Å². The Balaban J connectivity index is 0.993. The fourth-order valence-corrected chi connectivity index (χ4v) is 5.16. The lowest BCUT2D eigenvalue weighted by molar-refractivity contribution is 0.140. The van der Waals surface area contributed by atoms with Gasteiger partial charge in [-0.25, -0.2) is 9.78 Å². The number of hydrogen-bond donors (Lipinski definition) is 0. The molecule has 0 spiro atoms. The predicted molar refractivity (Wildman–Crippen MR) is 124 cm³/mol. The molecule has 3 fully saturated rings. The van der Waals surface area contributed by atoms with E-state index in [0.29, 0.717) is 25.6 Å². The zero-order valence-electron chi connectivity index (χ0n) is 18.7. The fraction of sp³-hybridized carbons (Fsp3) is 0.538. The van der Waals surface area contributed by atoms with E-state index in [0.717, 1.165) is 36.5 Å². The molecule has 0 bridgehead atoms. The van der Waals surface area contributed by atoms with E-state index in [4.69, 9.17) is 9.47 Å².